The van der Waals surface area contributed by atoms with Crippen molar-refractivity contribution >= 4 is 10.9 Å². The Kier molecular flexibility index (Phi) is 5.03. The van der Waals surface area contributed by atoms with Crippen LogP contribution in [0.5, 0.6) is 5.75 Å². The number of hydrogen-bond acceptors (Lipinski definition) is 2. The van der Waals surface area contributed by atoms with Crippen molar-refractivity contribution < 1.29 is 4.74 Å². The number of H-pyrrole nitrogens is 1. The minimum Gasteiger partial charge on any atom is -0.489 e. The molecule has 1 aliphatic rings. The molecule has 1 fully saturated rings. The zero-order valence-electron chi connectivity index (χ0n) is 14.6. The molecule has 3 heteroatoms. The fourth-order valence-electron chi connectivity index (χ4n) is 3.73. The second kappa shape index (κ2) is 7.75. The Bertz CT molecular complexity index is 803. The summed E-state index contributed by atoms with van der Waals surface area (Å²) < 4.78 is 6.00. The molecule has 0 unspecified atom stereocenters. The number of piperidine rings is 1. The lowest BCUT2D eigenvalue weighted by atomic mass is 9.91. The van der Waals surface area contributed by atoms with E-state index in [2.05, 4.69) is 46.8 Å². The lowest BCUT2D eigenvalue weighted by molar-refractivity contribution is 0.306. The van der Waals surface area contributed by atoms with Crippen molar-refractivity contribution in [1.29, 1.82) is 0 Å². The monoisotopic (exact) mass is 334 g/mol. The summed E-state index contributed by atoms with van der Waals surface area (Å²) in [5.74, 6) is 1.81. The average Bonchev–Trinajstić information content (AvgIpc) is 3.09. The molecule has 0 spiro atoms. The van der Waals surface area contributed by atoms with E-state index >= 15 is 0 Å². The van der Waals surface area contributed by atoms with Gasteiger partial charge in [0, 0.05) is 17.1 Å². The van der Waals surface area contributed by atoms with Crippen molar-refractivity contribution in [2.75, 3.05) is 13.1 Å². The number of nitrogens with one attached hydrogen (secondary N) is 2. The zero-order valence-corrected chi connectivity index (χ0v) is 14.6. The normalized spacial score (nSPS) is 15.5. The first-order valence-corrected chi connectivity index (χ1v) is 9.36. The number of benzene rings is 2. The molecule has 0 aliphatic carbocycles. The van der Waals surface area contributed by atoms with Crippen LogP contribution in [0.15, 0.2) is 54.7 Å². The van der Waals surface area contributed by atoms with Crippen LogP contribution in [0.25, 0.3) is 10.9 Å². The summed E-state index contributed by atoms with van der Waals surface area (Å²) in [5, 5.41) is 4.75. The molecule has 2 N–H and O–H groups in total. The van der Waals surface area contributed by atoms with Gasteiger partial charge in [-0.25, -0.2) is 0 Å². The molecule has 0 amide bonds. The van der Waals surface area contributed by atoms with Crippen molar-refractivity contribution in [1.82, 2.24) is 10.3 Å². The highest BCUT2D eigenvalue weighted by Crippen LogP contribution is 2.27. The van der Waals surface area contributed by atoms with E-state index < -0.39 is 0 Å². The van der Waals surface area contributed by atoms with Gasteiger partial charge in [0.05, 0.1) is 0 Å². The SMILES string of the molecule is c1ccc(COc2ccc3[nH]cc(CCC4CCNCC4)c3c2)cc1. The van der Waals surface area contributed by atoms with Gasteiger partial charge in [0.2, 0.25) is 0 Å². The lowest BCUT2D eigenvalue weighted by Crippen LogP contribution is -2.27. The summed E-state index contributed by atoms with van der Waals surface area (Å²) >= 11 is 0. The van der Waals surface area contributed by atoms with Crippen molar-refractivity contribution in [3.63, 3.8) is 0 Å². The molecule has 1 aliphatic heterocycles. The van der Waals surface area contributed by atoms with Gasteiger partial charge in [0.1, 0.15) is 12.4 Å². The van der Waals surface area contributed by atoms with Crippen molar-refractivity contribution in [3.05, 3.63) is 65.9 Å². The number of fused-ring (bicyclic) bond motifs is 1. The van der Waals surface area contributed by atoms with E-state index in [4.69, 9.17) is 4.74 Å². The Morgan fingerprint density at radius 2 is 1.84 bits per heavy atom. The third-order valence-electron chi connectivity index (χ3n) is 5.27. The van der Waals surface area contributed by atoms with Gasteiger partial charge in [-0.3, -0.25) is 0 Å². The largest absolute Gasteiger partial charge is 0.489 e. The number of ether oxygens (including phenoxy) is 1. The van der Waals surface area contributed by atoms with Crippen molar-refractivity contribution in [3.8, 4) is 5.75 Å². The maximum Gasteiger partial charge on any atom is 0.120 e. The first-order chi connectivity index (χ1) is 12.4. The highest BCUT2D eigenvalue weighted by atomic mass is 16.5. The molecule has 3 nitrogen and oxygen atoms in total. The second-order valence-electron chi connectivity index (χ2n) is 7.03. The Morgan fingerprint density at radius 3 is 2.68 bits per heavy atom. The van der Waals surface area contributed by atoms with Crippen LogP contribution in [-0.4, -0.2) is 18.1 Å². The first-order valence-electron chi connectivity index (χ1n) is 9.36. The molecule has 0 saturated carbocycles. The van der Waals surface area contributed by atoms with Gasteiger partial charge in [-0.1, -0.05) is 30.3 Å². The van der Waals surface area contributed by atoms with Crippen LogP contribution in [0.2, 0.25) is 0 Å². The summed E-state index contributed by atoms with van der Waals surface area (Å²) in [4.78, 5) is 3.41. The predicted molar refractivity (Wildman–Crippen MR) is 103 cm³/mol. The van der Waals surface area contributed by atoms with E-state index in [9.17, 15) is 0 Å². The number of hydrogen-bond donors (Lipinski definition) is 2. The minimum absolute atomic E-state index is 0.612. The maximum absolute atomic E-state index is 6.00. The summed E-state index contributed by atoms with van der Waals surface area (Å²) in [7, 11) is 0. The van der Waals surface area contributed by atoms with Gasteiger partial charge in [0.15, 0.2) is 0 Å². The molecule has 4 rings (SSSR count). The van der Waals surface area contributed by atoms with Gasteiger partial charge >= 0.3 is 0 Å². The van der Waals surface area contributed by atoms with Crippen LogP contribution in [0.3, 0.4) is 0 Å². The Morgan fingerprint density at radius 1 is 1.00 bits per heavy atom. The van der Waals surface area contributed by atoms with E-state index in [0.717, 1.165) is 18.1 Å². The fourth-order valence-corrected chi connectivity index (χ4v) is 3.73. The number of rotatable bonds is 6. The van der Waals surface area contributed by atoms with E-state index in [1.54, 1.807) is 0 Å². The first kappa shape index (κ1) is 16.2. The predicted octanol–water partition coefficient (Wildman–Crippen LogP) is 4.68. The van der Waals surface area contributed by atoms with Crippen LogP contribution in [-0.2, 0) is 13.0 Å². The van der Waals surface area contributed by atoms with E-state index in [1.807, 2.05) is 18.2 Å². The summed E-state index contributed by atoms with van der Waals surface area (Å²) in [6.45, 7) is 2.97. The van der Waals surface area contributed by atoms with Gasteiger partial charge in [-0.05, 0) is 74.0 Å². The molecule has 2 heterocycles. The van der Waals surface area contributed by atoms with E-state index in [-0.39, 0.29) is 0 Å². The molecule has 130 valence electrons. The number of aromatic nitrogens is 1. The van der Waals surface area contributed by atoms with Crippen molar-refractivity contribution in [2.45, 2.75) is 32.3 Å². The summed E-state index contributed by atoms with van der Waals surface area (Å²) in [6, 6.07) is 16.7. The molecule has 2 aromatic carbocycles. The average molecular weight is 334 g/mol. The topological polar surface area (TPSA) is 37.0 Å². The quantitative estimate of drug-likeness (QED) is 0.687. The zero-order chi connectivity index (χ0) is 16.9. The number of aromatic amines is 1. The summed E-state index contributed by atoms with van der Waals surface area (Å²) in [5.41, 5.74) is 3.81. The Labute approximate surface area is 149 Å². The van der Waals surface area contributed by atoms with E-state index in [1.165, 1.54) is 54.4 Å². The maximum atomic E-state index is 6.00. The van der Waals surface area contributed by atoms with Gasteiger partial charge in [-0.2, -0.15) is 0 Å². The molecule has 1 saturated heterocycles. The summed E-state index contributed by atoms with van der Waals surface area (Å²) in [6.07, 6.45) is 7.23. The molecule has 25 heavy (non-hydrogen) atoms. The fraction of sp³-hybridized carbons (Fsp3) is 0.364. The highest BCUT2D eigenvalue weighted by molar-refractivity contribution is 5.84. The standard InChI is InChI=1S/C22H26N2O/c1-2-4-18(5-3-1)16-25-20-8-9-22-21(14-20)19(15-24-22)7-6-17-10-12-23-13-11-17/h1-5,8-9,14-15,17,23-24H,6-7,10-13,16H2. The van der Waals surface area contributed by atoms with Gasteiger partial charge < -0.3 is 15.0 Å². The minimum atomic E-state index is 0.612. The molecule has 0 bridgehead atoms. The molecular weight excluding hydrogens is 308 g/mol. The van der Waals surface area contributed by atoms with Crippen LogP contribution in [0, 0.1) is 5.92 Å². The molecular formula is C22H26N2O. The smallest absolute Gasteiger partial charge is 0.120 e. The Balaban J connectivity index is 1.43. The molecule has 1 aromatic heterocycles. The Hall–Kier alpha value is -2.26. The third-order valence-corrected chi connectivity index (χ3v) is 5.27. The van der Waals surface area contributed by atoms with Crippen molar-refractivity contribution in [2.24, 2.45) is 5.92 Å². The van der Waals surface area contributed by atoms with Crippen LogP contribution < -0.4 is 10.1 Å². The second-order valence-corrected chi connectivity index (χ2v) is 7.03. The van der Waals surface area contributed by atoms with Gasteiger partial charge in [-0.15, -0.1) is 0 Å². The van der Waals surface area contributed by atoms with Crippen LogP contribution >= 0.6 is 0 Å². The van der Waals surface area contributed by atoms with Gasteiger partial charge in [0.25, 0.3) is 0 Å². The third kappa shape index (κ3) is 4.05. The number of aryl methyl sites for hydroxylation is 1. The highest BCUT2D eigenvalue weighted by Gasteiger charge is 2.14. The van der Waals surface area contributed by atoms with Crippen LogP contribution in [0.4, 0.5) is 0 Å². The van der Waals surface area contributed by atoms with E-state index in [0.29, 0.717) is 6.61 Å². The molecule has 3 aromatic rings. The lowest BCUT2D eigenvalue weighted by Gasteiger charge is -2.22. The molecule has 0 atom stereocenters. The van der Waals surface area contributed by atoms with Crippen LogP contribution in [0.1, 0.15) is 30.4 Å². The molecule has 0 radical (unpaired) electrons.